The average Bonchev–Trinajstić information content (AvgIpc) is 3.26. The number of hydrogen-bond donors (Lipinski definition) is 3. The summed E-state index contributed by atoms with van der Waals surface area (Å²) in [6.07, 6.45) is 1.97. The molecule has 0 bridgehead atoms. The highest BCUT2D eigenvalue weighted by molar-refractivity contribution is 6.32. The molecule has 1 aliphatic rings. The first kappa shape index (κ1) is 16.1. The molecule has 1 aliphatic carbocycles. The van der Waals surface area contributed by atoms with Crippen molar-refractivity contribution in [3.63, 3.8) is 0 Å². The molecular weight excluding hydrogens is 292 g/mol. The van der Waals surface area contributed by atoms with Gasteiger partial charge in [0.1, 0.15) is 18.5 Å². The first-order valence-electron chi connectivity index (χ1n) is 7.20. The second kappa shape index (κ2) is 8.22. The van der Waals surface area contributed by atoms with Crippen molar-refractivity contribution >= 4 is 17.5 Å². The predicted octanol–water partition coefficient (Wildman–Crippen LogP) is 1.34. The number of nitrogens with one attached hydrogen (secondary N) is 2. The van der Waals surface area contributed by atoms with Gasteiger partial charge in [0.15, 0.2) is 0 Å². The number of aliphatic hydroxyl groups is 1. The molecule has 1 aromatic rings. The zero-order valence-electron chi connectivity index (χ0n) is 11.8. The summed E-state index contributed by atoms with van der Waals surface area (Å²) in [4.78, 5) is 11.4. The van der Waals surface area contributed by atoms with Gasteiger partial charge in [-0.05, 0) is 25.0 Å². The van der Waals surface area contributed by atoms with Crippen LogP contribution in [0.15, 0.2) is 24.3 Å². The minimum atomic E-state index is -0.646. The number of carbonyl (C=O) groups excluding carboxylic acids is 1. The van der Waals surface area contributed by atoms with Crippen molar-refractivity contribution in [2.45, 2.75) is 31.4 Å². The molecule has 2 rings (SSSR count). The van der Waals surface area contributed by atoms with Gasteiger partial charge in [-0.1, -0.05) is 23.7 Å². The van der Waals surface area contributed by atoms with Crippen molar-refractivity contribution < 1.29 is 14.6 Å². The number of amides is 1. The average molecular weight is 313 g/mol. The lowest BCUT2D eigenvalue weighted by Crippen LogP contribution is -2.34. The first-order chi connectivity index (χ1) is 10.1. The fourth-order valence-electron chi connectivity index (χ4n) is 1.80. The molecule has 1 amide bonds. The molecule has 0 radical (unpaired) electrons. The van der Waals surface area contributed by atoms with Gasteiger partial charge >= 0.3 is 0 Å². The summed E-state index contributed by atoms with van der Waals surface area (Å²) in [6.45, 7) is 1.08. The lowest BCUT2D eigenvalue weighted by atomic mass is 10.3. The van der Waals surface area contributed by atoms with Gasteiger partial charge in [0.2, 0.25) is 5.91 Å². The Kier molecular flexibility index (Phi) is 6.29. The lowest BCUT2D eigenvalue weighted by molar-refractivity contribution is -0.121. The van der Waals surface area contributed by atoms with Gasteiger partial charge in [0, 0.05) is 25.6 Å². The molecule has 5 nitrogen and oxygen atoms in total. The summed E-state index contributed by atoms with van der Waals surface area (Å²) < 4.78 is 5.44. The molecule has 21 heavy (non-hydrogen) atoms. The molecule has 0 saturated heterocycles. The topological polar surface area (TPSA) is 70.6 Å². The Hall–Kier alpha value is -1.30. The summed E-state index contributed by atoms with van der Waals surface area (Å²) in [5.74, 6) is 0.619. The van der Waals surface area contributed by atoms with Crippen molar-refractivity contribution in [1.82, 2.24) is 10.6 Å². The highest BCUT2D eigenvalue weighted by Gasteiger charge is 2.22. The molecule has 0 heterocycles. The third-order valence-electron chi connectivity index (χ3n) is 3.12. The standard InChI is InChI=1S/C15H21ClN2O3/c16-13-3-1-2-4-14(13)21-10-12(19)9-17-8-7-15(20)18-11-5-6-11/h1-4,11-12,17,19H,5-10H2,(H,18,20). The minimum Gasteiger partial charge on any atom is -0.489 e. The van der Waals surface area contributed by atoms with Crippen LogP contribution >= 0.6 is 11.6 Å². The maximum absolute atomic E-state index is 11.4. The van der Waals surface area contributed by atoms with Gasteiger partial charge in [-0.25, -0.2) is 0 Å². The van der Waals surface area contributed by atoms with E-state index in [0.29, 0.717) is 36.3 Å². The molecule has 0 aromatic heterocycles. The van der Waals surface area contributed by atoms with Gasteiger partial charge in [-0.15, -0.1) is 0 Å². The van der Waals surface area contributed by atoms with Gasteiger partial charge in [0.05, 0.1) is 5.02 Å². The second-order valence-electron chi connectivity index (χ2n) is 5.19. The van der Waals surface area contributed by atoms with Crippen LogP contribution in [0.5, 0.6) is 5.75 Å². The van der Waals surface area contributed by atoms with Gasteiger partial charge in [-0.3, -0.25) is 4.79 Å². The van der Waals surface area contributed by atoms with Crippen molar-refractivity contribution in [1.29, 1.82) is 0 Å². The highest BCUT2D eigenvalue weighted by Crippen LogP contribution is 2.23. The predicted molar refractivity (Wildman–Crippen MR) is 81.6 cm³/mol. The number of benzene rings is 1. The Morgan fingerprint density at radius 1 is 1.43 bits per heavy atom. The van der Waals surface area contributed by atoms with E-state index < -0.39 is 6.10 Å². The molecule has 116 valence electrons. The molecule has 0 spiro atoms. The van der Waals surface area contributed by atoms with Crippen LogP contribution < -0.4 is 15.4 Å². The summed E-state index contributed by atoms with van der Waals surface area (Å²) >= 11 is 5.95. The largest absolute Gasteiger partial charge is 0.489 e. The van der Waals surface area contributed by atoms with E-state index in [-0.39, 0.29) is 12.5 Å². The van der Waals surface area contributed by atoms with E-state index in [1.54, 1.807) is 12.1 Å². The van der Waals surface area contributed by atoms with Gasteiger partial charge in [0.25, 0.3) is 0 Å². The molecule has 1 unspecified atom stereocenters. The Morgan fingerprint density at radius 3 is 2.90 bits per heavy atom. The zero-order chi connectivity index (χ0) is 15.1. The fourth-order valence-corrected chi connectivity index (χ4v) is 2.00. The highest BCUT2D eigenvalue weighted by atomic mass is 35.5. The van der Waals surface area contributed by atoms with Crippen molar-refractivity contribution in [2.24, 2.45) is 0 Å². The Morgan fingerprint density at radius 2 is 2.19 bits per heavy atom. The van der Waals surface area contributed by atoms with E-state index in [2.05, 4.69) is 10.6 Å². The number of ether oxygens (including phenoxy) is 1. The molecule has 1 fully saturated rings. The number of carbonyl (C=O) groups is 1. The van der Waals surface area contributed by atoms with Crippen LogP contribution in [-0.2, 0) is 4.79 Å². The molecule has 6 heteroatoms. The van der Waals surface area contributed by atoms with Crippen LogP contribution in [0.25, 0.3) is 0 Å². The van der Waals surface area contributed by atoms with Crippen molar-refractivity contribution in [3.05, 3.63) is 29.3 Å². The summed E-state index contributed by atoms with van der Waals surface area (Å²) in [6, 6.07) is 7.53. The number of rotatable bonds is 9. The Bertz CT molecular complexity index is 466. The maximum atomic E-state index is 11.4. The van der Waals surface area contributed by atoms with Crippen LogP contribution in [0.3, 0.4) is 0 Å². The van der Waals surface area contributed by atoms with Crippen molar-refractivity contribution in [3.8, 4) is 5.75 Å². The molecule has 0 aliphatic heterocycles. The minimum absolute atomic E-state index is 0.0619. The second-order valence-corrected chi connectivity index (χ2v) is 5.60. The zero-order valence-corrected chi connectivity index (χ0v) is 12.6. The third-order valence-corrected chi connectivity index (χ3v) is 3.43. The van der Waals surface area contributed by atoms with Crippen LogP contribution in [-0.4, -0.2) is 42.9 Å². The van der Waals surface area contributed by atoms with Gasteiger partial charge < -0.3 is 20.5 Å². The summed E-state index contributed by atoms with van der Waals surface area (Å²) in [5, 5.41) is 16.3. The van der Waals surface area contributed by atoms with Crippen LogP contribution in [0, 0.1) is 0 Å². The monoisotopic (exact) mass is 312 g/mol. The SMILES string of the molecule is O=C(CCNCC(O)COc1ccccc1Cl)NC1CC1. The van der Waals surface area contributed by atoms with Crippen molar-refractivity contribution in [2.75, 3.05) is 19.7 Å². The molecule has 1 atom stereocenters. The first-order valence-corrected chi connectivity index (χ1v) is 7.58. The summed E-state index contributed by atoms with van der Waals surface area (Å²) in [7, 11) is 0. The van der Waals surface area contributed by atoms with Crippen LogP contribution in [0.2, 0.25) is 5.02 Å². The Labute approximate surface area is 129 Å². The smallest absolute Gasteiger partial charge is 0.221 e. The number of halogens is 1. The maximum Gasteiger partial charge on any atom is 0.221 e. The molecule has 1 aromatic carbocycles. The van der Waals surface area contributed by atoms with Crippen LogP contribution in [0.1, 0.15) is 19.3 Å². The number of hydrogen-bond acceptors (Lipinski definition) is 4. The quantitative estimate of drug-likeness (QED) is 0.602. The molecule has 3 N–H and O–H groups in total. The van der Waals surface area contributed by atoms with E-state index in [1.807, 2.05) is 12.1 Å². The van der Waals surface area contributed by atoms with E-state index in [9.17, 15) is 9.90 Å². The number of para-hydroxylation sites is 1. The number of aliphatic hydroxyl groups excluding tert-OH is 1. The van der Waals surface area contributed by atoms with E-state index >= 15 is 0 Å². The van der Waals surface area contributed by atoms with E-state index in [0.717, 1.165) is 12.8 Å². The lowest BCUT2D eigenvalue weighted by Gasteiger charge is -2.14. The molecular formula is C15H21ClN2O3. The van der Waals surface area contributed by atoms with Gasteiger partial charge in [-0.2, -0.15) is 0 Å². The normalized spacial score (nSPS) is 15.5. The fraction of sp³-hybridized carbons (Fsp3) is 0.533. The third kappa shape index (κ3) is 6.33. The Balaban J connectivity index is 1.54. The summed E-state index contributed by atoms with van der Waals surface area (Å²) in [5.41, 5.74) is 0. The molecule has 1 saturated carbocycles. The van der Waals surface area contributed by atoms with Crippen LogP contribution in [0.4, 0.5) is 0 Å². The van der Waals surface area contributed by atoms with E-state index in [1.165, 1.54) is 0 Å². The van der Waals surface area contributed by atoms with E-state index in [4.69, 9.17) is 16.3 Å².